The summed E-state index contributed by atoms with van der Waals surface area (Å²) >= 11 is 0. The van der Waals surface area contributed by atoms with Crippen molar-refractivity contribution in [2.75, 3.05) is 13.2 Å². The third-order valence-corrected chi connectivity index (χ3v) is 4.05. The molecular formula is C17H25NO5. The Bertz CT molecular complexity index is 484. The molecular weight excluding hydrogens is 298 g/mol. The minimum absolute atomic E-state index is 0.213. The second-order valence-electron chi connectivity index (χ2n) is 5.92. The van der Waals surface area contributed by atoms with E-state index in [1.807, 2.05) is 18.2 Å². The summed E-state index contributed by atoms with van der Waals surface area (Å²) in [6.45, 7) is 1.80. The second kappa shape index (κ2) is 8.49. The van der Waals surface area contributed by atoms with E-state index in [4.69, 9.17) is 29.7 Å². The second-order valence-corrected chi connectivity index (χ2v) is 5.92. The molecule has 1 unspecified atom stereocenters. The molecule has 2 aliphatic rings. The summed E-state index contributed by atoms with van der Waals surface area (Å²) in [5, 5.41) is 0. The van der Waals surface area contributed by atoms with Gasteiger partial charge < -0.3 is 18.9 Å². The first-order valence-electron chi connectivity index (χ1n) is 8.36. The van der Waals surface area contributed by atoms with Crippen LogP contribution in [-0.4, -0.2) is 25.8 Å². The summed E-state index contributed by atoms with van der Waals surface area (Å²) in [5.74, 6) is 6.49. The van der Waals surface area contributed by atoms with Crippen molar-refractivity contribution in [3.8, 4) is 11.5 Å². The minimum Gasteiger partial charge on any atom is -0.461 e. The van der Waals surface area contributed by atoms with Gasteiger partial charge in [-0.25, -0.2) is 5.90 Å². The molecule has 2 saturated heterocycles. The highest BCUT2D eigenvalue weighted by molar-refractivity contribution is 5.43. The molecule has 6 nitrogen and oxygen atoms in total. The molecule has 0 aromatic heterocycles. The summed E-state index contributed by atoms with van der Waals surface area (Å²) in [6.07, 6.45) is 5.74. The fourth-order valence-electron chi connectivity index (χ4n) is 2.82. The van der Waals surface area contributed by atoms with E-state index in [-0.39, 0.29) is 12.6 Å². The van der Waals surface area contributed by atoms with Crippen molar-refractivity contribution >= 4 is 0 Å². The van der Waals surface area contributed by atoms with Crippen LogP contribution in [0.2, 0.25) is 0 Å². The van der Waals surface area contributed by atoms with Gasteiger partial charge in [0.15, 0.2) is 24.1 Å². The predicted octanol–water partition coefficient (Wildman–Crippen LogP) is 2.89. The van der Waals surface area contributed by atoms with Gasteiger partial charge in [0.25, 0.3) is 0 Å². The molecule has 23 heavy (non-hydrogen) atoms. The maximum atomic E-state index is 6.02. The fourth-order valence-corrected chi connectivity index (χ4v) is 2.82. The van der Waals surface area contributed by atoms with Gasteiger partial charge in [0.2, 0.25) is 0 Å². The maximum absolute atomic E-state index is 6.02. The number of nitrogens with two attached hydrogens (primary N) is 1. The van der Waals surface area contributed by atoms with Crippen LogP contribution in [0.25, 0.3) is 0 Å². The van der Waals surface area contributed by atoms with Gasteiger partial charge in [0.05, 0.1) is 19.8 Å². The average Bonchev–Trinajstić information content (AvgIpc) is 2.59. The lowest BCUT2D eigenvalue weighted by atomic mass is 10.2. The summed E-state index contributed by atoms with van der Waals surface area (Å²) in [5.41, 5.74) is 0.926. The summed E-state index contributed by atoms with van der Waals surface area (Å²) in [7, 11) is 0. The Hall–Kier alpha value is -1.34. The number of hydrogen-bond acceptors (Lipinski definition) is 6. The summed E-state index contributed by atoms with van der Waals surface area (Å²) in [4.78, 5) is 4.71. The lowest BCUT2D eigenvalue weighted by Gasteiger charge is -2.27. The molecule has 0 saturated carbocycles. The van der Waals surface area contributed by atoms with E-state index in [9.17, 15) is 0 Å². The van der Waals surface area contributed by atoms with Crippen LogP contribution in [-0.2, 0) is 20.9 Å². The smallest absolute Gasteiger partial charge is 0.200 e. The number of ether oxygens (including phenoxy) is 4. The van der Waals surface area contributed by atoms with Gasteiger partial charge in [-0.05, 0) is 43.4 Å². The van der Waals surface area contributed by atoms with E-state index in [0.29, 0.717) is 18.1 Å². The van der Waals surface area contributed by atoms with Crippen LogP contribution in [0.3, 0.4) is 0 Å². The highest BCUT2D eigenvalue weighted by atomic mass is 16.7. The average molecular weight is 323 g/mol. The van der Waals surface area contributed by atoms with Gasteiger partial charge in [0, 0.05) is 12.8 Å². The lowest BCUT2D eigenvalue weighted by molar-refractivity contribution is -0.119. The largest absolute Gasteiger partial charge is 0.461 e. The third-order valence-electron chi connectivity index (χ3n) is 4.05. The van der Waals surface area contributed by atoms with Crippen LogP contribution in [0, 0.1) is 0 Å². The van der Waals surface area contributed by atoms with Gasteiger partial charge >= 0.3 is 0 Å². The fraction of sp³-hybridized carbons (Fsp3) is 0.647. The Morgan fingerprint density at radius 2 is 1.57 bits per heavy atom. The first-order valence-corrected chi connectivity index (χ1v) is 8.36. The van der Waals surface area contributed by atoms with Crippen LogP contribution >= 0.6 is 0 Å². The van der Waals surface area contributed by atoms with Crippen LogP contribution < -0.4 is 15.4 Å². The molecule has 0 bridgehead atoms. The van der Waals surface area contributed by atoms with Crippen LogP contribution in [0.15, 0.2) is 18.2 Å². The minimum atomic E-state index is -0.229. The quantitative estimate of drug-likeness (QED) is 0.812. The van der Waals surface area contributed by atoms with Crippen molar-refractivity contribution in [3.63, 3.8) is 0 Å². The van der Waals surface area contributed by atoms with Crippen molar-refractivity contribution in [2.45, 2.75) is 57.7 Å². The highest BCUT2D eigenvalue weighted by Crippen LogP contribution is 2.33. The lowest BCUT2D eigenvalue weighted by Crippen LogP contribution is -2.27. The highest BCUT2D eigenvalue weighted by Gasteiger charge is 2.21. The molecule has 2 aliphatic heterocycles. The van der Waals surface area contributed by atoms with Crippen LogP contribution in [0.5, 0.6) is 11.5 Å². The van der Waals surface area contributed by atoms with Crippen molar-refractivity contribution in [1.29, 1.82) is 0 Å². The van der Waals surface area contributed by atoms with Crippen LogP contribution in [0.4, 0.5) is 0 Å². The molecule has 0 spiro atoms. The van der Waals surface area contributed by atoms with E-state index < -0.39 is 0 Å². The Balaban J connectivity index is 1.72. The number of hydrogen-bond donors (Lipinski definition) is 1. The van der Waals surface area contributed by atoms with Crippen molar-refractivity contribution in [3.05, 3.63) is 23.8 Å². The van der Waals surface area contributed by atoms with Gasteiger partial charge in [-0.2, -0.15) is 0 Å². The van der Waals surface area contributed by atoms with E-state index in [1.165, 1.54) is 0 Å². The first kappa shape index (κ1) is 16.5. The monoisotopic (exact) mass is 323 g/mol. The number of rotatable bonds is 6. The molecule has 2 N–H and O–H groups in total. The molecule has 2 atom stereocenters. The zero-order chi connectivity index (χ0) is 15.9. The van der Waals surface area contributed by atoms with E-state index in [1.54, 1.807) is 0 Å². The molecule has 1 aromatic carbocycles. The van der Waals surface area contributed by atoms with E-state index >= 15 is 0 Å². The molecule has 128 valence electrons. The van der Waals surface area contributed by atoms with Crippen molar-refractivity contribution in [1.82, 2.24) is 0 Å². The number of benzene rings is 1. The molecule has 0 amide bonds. The van der Waals surface area contributed by atoms with E-state index in [2.05, 4.69) is 0 Å². The zero-order valence-corrected chi connectivity index (χ0v) is 13.4. The Labute approximate surface area is 136 Å². The van der Waals surface area contributed by atoms with E-state index in [0.717, 1.165) is 57.3 Å². The third kappa shape index (κ3) is 4.81. The predicted molar refractivity (Wildman–Crippen MR) is 83.9 cm³/mol. The van der Waals surface area contributed by atoms with Crippen molar-refractivity contribution in [2.24, 2.45) is 5.90 Å². The molecule has 2 fully saturated rings. The topological polar surface area (TPSA) is 72.2 Å². The van der Waals surface area contributed by atoms with Gasteiger partial charge in [-0.15, -0.1) is 0 Å². The SMILES string of the molecule is NOCc1ccc(OC2CCCCO2)c(O[C@H]2CCCCO2)c1. The Morgan fingerprint density at radius 1 is 0.913 bits per heavy atom. The molecule has 6 heteroatoms. The van der Waals surface area contributed by atoms with Gasteiger partial charge in [-0.3, -0.25) is 4.84 Å². The molecule has 0 aliphatic carbocycles. The maximum Gasteiger partial charge on any atom is 0.200 e. The van der Waals surface area contributed by atoms with Crippen molar-refractivity contribution < 1.29 is 23.8 Å². The molecule has 2 heterocycles. The molecule has 0 radical (unpaired) electrons. The van der Waals surface area contributed by atoms with Crippen LogP contribution in [0.1, 0.15) is 44.1 Å². The molecule has 3 rings (SSSR count). The summed E-state index contributed by atoms with van der Waals surface area (Å²) in [6, 6.07) is 5.69. The van der Waals surface area contributed by atoms with Gasteiger partial charge in [0.1, 0.15) is 0 Å². The Morgan fingerprint density at radius 3 is 2.13 bits per heavy atom. The standard InChI is InChI=1S/C17H25NO5/c18-21-12-13-7-8-14(22-16-5-1-3-9-19-16)15(11-13)23-17-6-2-4-10-20-17/h7-8,11,16-17H,1-6,9-10,12,18H2/t16?,17-/m0/s1. The summed E-state index contributed by atoms with van der Waals surface area (Å²) < 4.78 is 23.3. The van der Waals surface area contributed by atoms with Gasteiger partial charge in [-0.1, -0.05) is 6.07 Å². The normalized spacial score (nSPS) is 25.1. The zero-order valence-electron chi connectivity index (χ0n) is 13.4. The first-order chi connectivity index (χ1) is 11.3. The Kier molecular flexibility index (Phi) is 6.10. The molecule has 1 aromatic rings.